The van der Waals surface area contributed by atoms with E-state index in [-0.39, 0.29) is 0 Å². The number of ether oxygens (including phenoxy) is 2. The molecule has 4 atom stereocenters. The number of benzene rings is 1. The number of rotatable bonds is 8. The molecule has 1 N–H and O–H groups in total. The predicted octanol–water partition coefficient (Wildman–Crippen LogP) is 5.71. The summed E-state index contributed by atoms with van der Waals surface area (Å²) in [6, 6.07) is 6.45. The normalized spacial score (nSPS) is 36.8. The van der Waals surface area contributed by atoms with Crippen LogP contribution in [-0.2, 0) is 6.54 Å². The summed E-state index contributed by atoms with van der Waals surface area (Å²) in [6.07, 6.45) is 9.40. The molecule has 0 radical (unpaired) electrons. The molecule has 0 aliphatic heterocycles. The summed E-state index contributed by atoms with van der Waals surface area (Å²) in [6.45, 7) is 11.6. The van der Waals surface area contributed by atoms with Gasteiger partial charge in [-0.1, -0.05) is 26.8 Å². The fourth-order valence-electron chi connectivity index (χ4n) is 7.20. The van der Waals surface area contributed by atoms with E-state index in [1.165, 1.54) is 44.1 Å². The van der Waals surface area contributed by atoms with Crippen LogP contribution in [0.4, 0.5) is 0 Å². The average molecular weight is 372 g/mol. The first kappa shape index (κ1) is 19.1. The minimum absolute atomic E-state index is 0.339. The molecule has 3 heteroatoms. The SMILES string of the molecule is CCCOc1ccc(CNC23CC4C[C@@](C)(C2)C[C@](C)(C4)C3)cc1OCC. The lowest BCUT2D eigenvalue weighted by molar-refractivity contribution is -0.118. The van der Waals surface area contributed by atoms with Crippen molar-refractivity contribution in [1.29, 1.82) is 0 Å². The summed E-state index contributed by atoms with van der Waals surface area (Å²) < 4.78 is 11.7. The Morgan fingerprint density at radius 1 is 0.963 bits per heavy atom. The van der Waals surface area contributed by atoms with Gasteiger partial charge < -0.3 is 14.8 Å². The second-order valence-electron chi connectivity index (χ2n) is 10.3. The Kier molecular flexibility index (Phi) is 4.95. The summed E-state index contributed by atoms with van der Waals surface area (Å²) in [5, 5.41) is 4.03. The number of hydrogen-bond donors (Lipinski definition) is 1. The standard InChI is InChI=1S/C24H37NO2/c1-5-9-27-20-8-7-18(10-21(20)26-6-2)14-25-24-13-19-11-22(3,16-24)15-23(4,12-19)17-24/h7-8,10,19,25H,5-6,9,11-17H2,1-4H3/t19?,22-,23+,24?. The number of hydrogen-bond acceptors (Lipinski definition) is 3. The van der Waals surface area contributed by atoms with Gasteiger partial charge >= 0.3 is 0 Å². The maximum Gasteiger partial charge on any atom is 0.161 e. The number of nitrogens with one attached hydrogen (secondary N) is 1. The van der Waals surface area contributed by atoms with Crippen molar-refractivity contribution in [3.05, 3.63) is 23.8 Å². The van der Waals surface area contributed by atoms with E-state index in [1.54, 1.807) is 0 Å². The smallest absolute Gasteiger partial charge is 0.161 e. The van der Waals surface area contributed by atoms with Crippen molar-refractivity contribution in [2.75, 3.05) is 13.2 Å². The van der Waals surface area contributed by atoms with Crippen LogP contribution in [0.1, 0.15) is 78.2 Å². The van der Waals surface area contributed by atoms with E-state index < -0.39 is 0 Å². The Balaban J connectivity index is 1.48. The molecular weight excluding hydrogens is 334 g/mol. The first-order chi connectivity index (χ1) is 12.9. The highest BCUT2D eigenvalue weighted by atomic mass is 16.5. The average Bonchev–Trinajstić information content (AvgIpc) is 2.56. The largest absolute Gasteiger partial charge is 0.490 e. The van der Waals surface area contributed by atoms with E-state index in [4.69, 9.17) is 9.47 Å². The van der Waals surface area contributed by atoms with E-state index in [0.29, 0.717) is 23.0 Å². The molecule has 27 heavy (non-hydrogen) atoms. The van der Waals surface area contributed by atoms with Crippen LogP contribution in [0.5, 0.6) is 11.5 Å². The molecular formula is C24H37NO2. The first-order valence-electron chi connectivity index (χ1n) is 11.0. The minimum atomic E-state index is 0.339. The fraction of sp³-hybridized carbons (Fsp3) is 0.750. The molecule has 4 bridgehead atoms. The Labute approximate surface area is 165 Å². The van der Waals surface area contributed by atoms with E-state index in [1.807, 2.05) is 6.92 Å². The topological polar surface area (TPSA) is 30.5 Å². The van der Waals surface area contributed by atoms with Crippen molar-refractivity contribution >= 4 is 0 Å². The van der Waals surface area contributed by atoms with Crippen LogP contribution in [-0.4, -0.2) is 18.8 Å². The van der Waals surface area contributed by atoms with E-state index in [0.717, 1.165) is 37.0 Å². The second kappa shape index (κ2) is 6.99. The van der Waals surface area contributed by atoms with Crippen LogP contribution in [0.2, 0.25) is 0 Å². The zero-order chi connectivity index (χ0) is 19.1. The predicted molar refractivity (Wildman–Crippen MR) is 110 cm³/mol. The van der Waals surface area contributed by atoms with Crippen molar-refractivity contribution in [2.24, 2.45) is 16.7 Å². The van der Waals surface area contributed by atoms with Crippen molar-refractivity contribution in [3.8, 4) is 11.5 Å². The first-order valence-corrected chi connectivity index (χ1v) is 11.0. The molecule has 0 spiro atoms. The molecule has 1 aromatic rings. The van der Waals surface area contributed by atoms with Gasteiger partial charge in [0.15, 0.2) is 11.5 Å². The van der Waals surface area contributed by atoms with Gasteiger partial charge in [0, 0.05) is 12.1 Å². The lowest BCUT2D eigenvalue weighted by Crippen LogP contribution is -2.63. The molecule has 1 aromatic carbocycles. The highest BCUT2D eigenvalue weighted by Crippen LogP contribution is 2.66. The molecule has 4 aliphatic carbocycles. The highest BCUT2D eigenvalue weighted by Gasteiger charge is 2.59. The lowest BCUT2D eigenvalue weighted by atomic mass is 9.43. The monoisotopic (exact) mass is 371 g/mol. The van der Waals surface area contributed by atoms with E-state index >= 15 is 0 Å². The van der Waals surface area contributed by atoms with Crippen molar-refractivity contribution in [2.45, 2.75) is 84.7 Å². The van der Waals surface area contributed by atoms with Gasteiger partial charge in [-0.3, -0.25) is 0 Å². The third-order valence-corrected chi connectivity index (χ3v) is 7.06. The van der Waals surface area contributed by atoms with Crippen LogP contribution >= 0.6 is 0 Å². The molecule has 0 saturated heterocycles. The minimum Gasteiger partial charge on any atom is -0.490 e. The maximum absolute atomic E-state index is 5.85. The Morgan fingerprint density at radius 2 is 1.70 bits per heavy atom. The molecule has 0 heterocycles. The zero-order valence-corrected chi connectivity index (χ0v) is 17.7. The van der Waals surface area contributed by atoms with Gasteiger partial charge in [0.1, 0.15) is 0 Å². The summed E-state index contributed by atoms with van der Waals surface area (Å²) in [7, 11) is 0. The maximum atomic E-state index is 5.85. The zero-order valence-electron chi connectivity index (χ0n) is 17.7. The van der Waals surface area contributed by atoms with Crippen LogP contribution in [0.25, 0.3) is 0 Å². The van der Waals surface area contributed by atoms with Gasteiger partial charge in [-0.05, 0) is 86.3 Å². The van der Waals surface area contributed by atoms with E-state index in [9.17, 15) is 0 Å². The fourth-order valence-corrected chi connectivity index (χ4v) is 7.20. The van der Waals surface area contributed by atoms with E-state index in [2.05, 4.69) is 44.3 Å². The van der Waals surface area contributed by atoms with Crippen LogP contribution in [0, 0.1) is 16.7 Å². The Morgan fingerprint density at radius 3 is 2.33 bits per heavy atom. The molecule has 0 amide bonds. The molecule has 5 rings (SSSR count). The lowest BCUT2D eigenvalue weighted by Gasteiger charge is -2.65. The summed E-state index contributed by atoms with van der Waals surface area (Å²) >= 11 is 0. The molecule has 150 valence electrons. The second-order valence-corrected chi connectivity index (χ2v) is 10.3. The Bertz CT molecular complexity index is 667. The Hall–Kier alpha value is -1.22. The summed E-state index contributed by atoms with van der Waals surface area (Å²) in [5.41, 5.74) is 2.74. The molecule has 4 saturated carbocycles. The third-order valence-electron chi connectivity index (χ3n) is 7.06. The van der Waals surface area contributed by atoms with Crippen molar-refractivity contribution < 1.29 is 9.47 Å². The van der Waals surface area contributed by atoms with Crippen molar-refractivity contribution in [3.63, 3.8) is 0 Å². The van der Waals surface area contributed by atoms with Crippen molar-refractivity contribution in [1.82, 2.24) is 5.32 Å². The third kappa shape index (κ3) is 3.85. The van der Waals surface area contributed by atoms with Gasteiger partial charge in [0.05, 0.1) is 13.2 Å². The molecule has 3 nitrogen and oxygen atoms in total. The van der Waals surface area contributed by atoms with Gasteiger partial charge in [0.25, 0.3) is 0 Å². The van der Waals surface area contributed by atoms with Gasteiger partial charge in [-0.15, -0.1) is 0 Å². The summed E-state index contributed by atoms with van der Waals surface area (Å²) in [4.78, 5) is 0. The van der Waals surface area contributed by atoms with Crippen LogP contribution in [0.15, 0.2) is 18.2 Å². The highest BCUT2D eigenvalue weighted by molar-refractivity contribution is 5.43. The van der Waals surface area contributed by atoms with Crippen LogP contribution in [0.3, 0.4) is 0 Å². The summed E-state index contributed by atoms with van der Waals surface area (Å²) in [5.74, 6) is 2.68. The van der Waals surface area contributed by atoms with Gasteiger partial charge in [0.2, 0.25) is 0 Å². The molecule has 2 unspecified atom stereocenters. The quantitative estimate of drug-likeness (QED) is 0.634. The van der Waals surface area contributed by atoms with Gasteiger partial charge in [-0.25, -0.2) is 0 Å². The van der Waals surface area contributed by atoms with Gasteiger partial charge in [-0.2, -0.15) is 0 Å². The molecule has 4 aliphatic rings. The molecule has 0 aromatic heterocycles. The van der Waals surface area contributed by atoms with Crippen LogP contribution < -0.4 is 14.8 Å². The molecule has 4 fully saturated rings.